The topological polar surface area (TPSA) is 33.0 Å². The molecule has 0 aliphatic carbocycles. The maximum absolute atomic E-state index is 11.5. The van der Waals surface area contributed by atoms with Gasteiger partial charge in [-0.25, -0.2) is 0 Å². The number of fused-ring (bicyclic) bond motifs is 1. The minimum atomic E-state index is 0.0650. The molecule has 116 valence electrons. The van der Waals surface area contributed by atoms with Crippen molar-refractivity contribution in [3.63, 3.8) is 0 Å². The average Bonchev–Trinajstić information content (AvgIpc) is 2.84. The van der Waals surface area contributed by atoms with E-state index in [1.165, 1.54) is 15.2 Å². The second kappa shape index (κ2) is 6.34. The van der Waals surface area contributed by atoms with Crippen LogP contribution in [0.4, 0.5) is 5.69 Å². The van der Waals surface area contributed by atoms with Gasteiger partial charge in [-0.15, -0.1) is 0 Å². The van der Waals surface area contributed by atoms with Crippen LogP contribution in [0.1, 0.15) is 22.3 Å². The fourth-order valence-electron chi connectivity index (χ4n) is 2.55. The largest absolute Gasteiger partial charge is 0.359 e. The molecule has 0 aliphatic rings. The van der Waals surface area contributed by atoms with E-state index in [0.29, 0.717) is 5.56 Å². The Morgan fingerprint density at radius 2 is 2.00 bits per heavy atom. The maximum atomic E-state index is 11.5. The third kappa shape index (κ3) is 3.32. The highest BCUT2D eigenvalue weighted by Gasteiger charge is 2.17. The number of aryl methyl sites for hydroxylation is 1. The van der Waals surface area contributed by atoms with Gasteiger partial charge in [-0.05, 0) is 25.1 Å². The molecule has 0 aliphatic heterocycles. The molecule has 3 aromatic rings. The lowest BCUT2D eigenvalue weighted by Gasteiger charge is -2.08. The molecule has 0 saturated carbocycles. The van der Waals surface area contributed by atoms with Gasteiger partial charge in [0.1, 0.15) is 11.7 Å². The molecular weight excluding hydrogens is 304 g/mol. The van der Waals surface area contributed by atoms with Crippen LogP contribution in [0.15, 0.2) is 60.8 Å². The molecule has 1 aromatic heterocycles. The van der Waals surface area contributed by atoms with Crippen LogP contribution in [0.5, 0.6) is 0 Å². The summed E-state index contributed by atoms with van der Waals surface area (Å²) >= 11 is 1.78. The van der Waals surface area contributed by atoms with Gasteiger partial charge in [0.15, 0.2) is 5.78 Å². The zero-order valence-corrected chi connectivity index (χ0v) is 14.1. The summed E-state index contributed by atoms with van der Waals surface area (Å²) in [4.78, 5) is 11.5. The molecule has 3 rings (SSSR count). The molecule has 1 heterocycles. The Bertz CT molecular complexity index is 895. The number of aromatic nitrogens is 1. The molecule has 0 amide bonds. The van der Waals surface area contributed by atoms with E-state index in [2.05, 4.69) is 47.8 Å². The minimum absolute atomic E-state index is 0.0650. The molecule has 0 spiro atoms. The second-order valence-electron chi connectivity index (χ2n) is 5.56. The number of carbonyl (C=O) groups is 1. The number of nitrogens with zero attached hydrogens (tertiary/aromatic N) is 1. The van der Waals surface area contributed by atoms with Crippen molar-refractivity contribution in [1.82, 2.24) is 0 Å². The van der Waals surface area contributed by atoms with E-state index >= 15 is 0 Å². The third-order valence-electron chi connectivity index (χ3n) is 3.78. The Morgan fingerprint density at radius 3 is 2.74 bits per heavy atom. The predicted octanol–water partition coefficient (Wildman–Crippen LogP) is 4.10. The monoisotopic (exact) mass is 323 g/mol. The van der Waals surface area contributed by atoms with Crippen LogP contribution in [0.3, 0.4) is 0 Å². The zero-order valence-electron chi connectivity index (χ0n) is 13.3. The molecule has 2 aromatic carbocycles. The van der Waals surface area contributed by atoms with E-state index in [-0.39, 0.29) is 5.78 Å². The first kappa shape index (κ1) is 15.4. The van der Waals surface area contributed by atoms with E-state index < -0.39 is 0 Å². The molecule has 0 saturated heterocycles. The number of carbonyl (C=O) groups excluding carboxylic acids is 1. The highest BCUT2D eigenvalue weighted by Crippen LogP contribution is 2.22. The normalized spacial score (nSPS) is 10.7. The lowest BCUT2D eigenvalue weighted by atomic mass is 10.1. The van der Waals surface area contributed by atoms with Crippen molar-refractivity contribution in [2.75, 3.05) is 5.32 Å². The smallest absolute Gasteiger partial charge is 0.244 e. The number of benzene rings is 2. The van der Waals surface area contributed by atoms with E-state index in [1.807, 2.05) is 24.3 Å². The van der Waals surface area contributed by atoms with Crippen LogP contribution in [0.2, 0.25) is 0 Å². The molecule has 0 fully saturated rings. The molecule has 0 unspecified atom stereocenters. The van der Waals surface area contributed by atoms with E-state index in [9.17, 15) is 4.79 Å². The summed E-state index contributed by atoms with van der Waals surface area (Å²) in [6.07, 6.45) is 0.750. The van der Waals surface area contributed by atoms with Gasteiger partial charge in [-0.3, -0.25) is 4.79 Å². The number of anilines is 1. The highest BCUT2D eigenvalue weighted by atomic mass is 32.1. The molecule has 1 N–H and O–H groups in total. The zero-order chi connectivity index (χ0) is 16.4. The lowest BCUT2D eigenvalue weighted by molar-refractivity contribution is -0.647. The quantitative estimate of drug-likeness (QED) is 0.566. The molecule has 23 heavy (non-hydrogen) atoms. The van der Waals surface area contributed by atoms with E-state index in [4.69, 9.17) is 0 Å². The molecule has 3 nitrogen and oxygen atoms in total. The van der Waals surface area contributed by atoms with Crippen LogP contribution < -0.4 is 9.88 Å². The molecule has 0 bridgehead atoms. The van der Waals surface area contributed by atoms with Crippen molar-refractivity contribution in [3.8, 4) is 0 Å². The first-order valence-electron chi connectivity index (χ1n) is 7.47. The van der Waals surface area contributed by atoms with Crippen LogP contribution in [0, 0.1) is 0 Å². The van der Waals surface area contributed by atoms with Crippen molar-refractivity contribution in [2.24, 2.45) is 7.05 Å². The van der Waals surface area contributed by atoms with Gasteiger partial charge < -0.3 is 5.32 Å². The Kier molecular flexibility index (Phi) is 4.26. The van der Waals surface area contributed by atoms with Crippen LogP contribution in [-0.4, -0.2) is 5.78 Å². The fourth-order valence-corrected chi connectivity index (χ4v) is 3.74. The SMILES string of the molecule is C=C(Cc1sc2ccccc2[n+]1C)Nc1cccc(C(C)=O)c1. The summed E-state index contributed by atoms with van der Waals surface area (Å²) < 4.78 is 3.48. The van der Waals surface area contributed by atoms with Crippen molar-refractivity contribution < 1.29 is 9.36 Å². The Labute approximate surface area is 139 Å². The number of hydrogen-bond donors (Lipinski definition) is 1. The standard InChI is InChI=1S/C19H19N2OS/c1-13(20-16-8-6-7-15(12-16)14(2)22)11-19-21(3)17-9-4-5-10-18(17)23-19/h4-10,12,20H,1,11H2,2-3H3/q+1. The van der Waals surface area contributed by atoms with Crippen molar-refractivity contribution in [2.45, 2.75) is 13.3 Å². The highest BCUT2D eigenvalue weighted by molar-refractivity contribution is 7.18. The van der Waals surface area contributed by atoms with Gasteiger partial charge >= 0.3 is 0 Å². The minimum Gasteiger partial charge on any atom is -0.359 e. The number of rotatable bonds is 5. The molecule has 0 radical (unpaired) electrons. The number of hydrogen-bond acceptors (Lipinski definition) is 3. The fraction of sp³-hybridized carbons (Fsp3) is 0.158. The summed E-state index contributed by atoms with van der Waals surface area (Å²) in [5.74, 6) is 0.0650. The van der Waals surface area contributed by atoms with Gasteiger partial charge in [0.25, 0.3) is 0 Å². The average molecular weight is 323 g/mol. The summed E-state index contributed by atoms with van der Waals surface area (Å²) in [7, 11) is 2.08. The van der Waals surface area contributed by atoms with Gasteiger partial charge in [0, 0.05) is 23.0 Å². The first-order valence-corrected chi connectivity index (χ1v) is 8.28. The first-order chi connectivity index (χ1) is 11.0. The summed E-state index contributed by atoms with van der Waals surface area (Å²) in [6.45, 7) is 5.70. The Hall–Kier alpha value is -2.46. The number of Topliss-reactive ketones (excluding diaryl/α,β-unsaturated/α-hetero) is 1. The number of thiazole rings is 1. The van der Waals surface area contributed by atoms with Gasteiger partial charge in [-0.2, -0.15) is 4.57 Å². The van der Waals surface area contributed by atoms with Gasteiger partial charge in [0.2, 0.25) is 10.5 Å². The predicted molar refractivity (Wildman–Crippen MR) is 95.9 cm³/mol. The summed E-state index contributed by atoms with van der Waals surface area (Å²) in [5, 5.41) is 4.55. The molecule has 4 heteroatoms. The Balaban J connectivity index is 1.77. The Morgan fingerprint density at radius 1 is 1.22 bits per heavy atom. The lowest BCUT2D eigenvalue weighted by Crippen LogP contribution is -2.31. The van der Waals surface area contributed by atoms with Crippen LogP contribution in [-0.2, 0) is 13.5 Å². The van der Waals surface area contributed by atoms with E-state index in [0.717, 1.165) is 17.8 Å². The van der Waals surface area contributed by atoms with Crippen LogP contribution in [0.25, 0.3) is 10.2 Å². The van der Waals surface area contributed by atoms with Gasteiger partial charge in [0.05, 0.1) is 6.42 Å². The number of para-hydroxylation sites is 1. The third-order valence-corrected chi connectivity index (χ3v) is 5.00. The van der Waals surface area contributed by atoms with E-state index in [1.54, 1.807) is 18.3 Å². The van der Waals surface area contributed by atoms with Crippen molar-refractivity contribution in [3.05, 3.63) is 71.4 Å². The number of nitrogens with one attached hydrogen (secondary N) is 1. The number of allylic oxidation sites excluding steroid dienone is 1. The maximum Gasteiger partial charge on any atom is 0.244 e. The van der Waals surface area contributed by atoms with Crippen molar-refractivity contribution in [1.29, 1.82) is 0 Å². The van der Waals surface area contributed by atoms with Crippen LogP contribution >= 0.6 is 11.3 Å². The molecule has 0 atom stereocenters. The second-order valence-corrected chi connectivity index (χ2v) is 6.68. The van der Waals surface area contributed by atoms with Crippen molar-refractivity contribution >= 4 is 33.0 Å². The summed E-state index contributed by atoms with van der Waals surface area (Å²) in [5.41, 5.74) is 3.74. The number of ketones is 1. The summed E-state index contributed by atoms with van der Waals surface area (Å²) in [6, 6.07) is 15.9. The molecular formula is C19H19N2OS+. The van der Waals surface area contributed by atoms with Gasteiger partial charge in [-0.1, -0.05) is 42.2 Å².